The summed E-state index contributed by atoms with van der Waals surface area (Å²) in [4.78, 5) is 38.2. The molecule has 0 radical (unpaired) electrons. The van der Waals surface area contributed by atoms with Crippen LogP contribution in [0.15, 0.2) is 69.1 Å². The Labute approximate surface area is 186 Å². The molecule has 11 heteroatoms. The Morgan fingerprint density at radius 1 is 1.03 bits per heavy atom. The van der Waals surface area contributed by atoms with E-state index in [0.717, 1.165) is 0 Å². The Kier molecular flexibility index (Phi) is 6.02. The van der Waals surface area contributed by atoms with Crippen molar-refractivity contribution in [3.8, 4) is 0 Å². The molecule has 2 aromatic heterocycles. The van der Waals surface area contributed by atoms with Gasteiger partial charge in [-0.1, -0.05) is 41.6 Å². The normalized spacial score (nSPS) is 12.4. The van der Waals surface area contributed by atoms with Crippen molar-refractivity contribution in [1.82, 2.24) is 31.3 Å². The standard InChI is InChI=1S/C22H19N7O4/c1-12(17-13(2)28-33-29-17)24-27-22(32)19(23-20(30)14-8-4-3-5-9-14)18-15-10-6-7-11-16(15)21(31)26-25-18/h3-11,19H,1-2H3,(H,23,30)(H,26,31)(H,27,32)/b24-12+. The SMILES string of the molecule is C/C(=N\NC(=O)C(NC(=O)c1ccccc1)c1n[nH]c(=O)c2ccccc12)c1nonc1C. The third-order valence-corrected chi connectivity index (χ3v) is 4.90. The fraction of sp³-hybridized carbons (Fsp3) is 0.136. The lowest BCUT2D eigenvalue weighted by atomic mass is 10.0. The maximum atomic E-state index is 13.2. The van der Waals surface area contributed by atoms with E-state index < -0.39 is 23.4 Å². The lowest BCUT2D eigenvalue weighted by Gasteiger charge is -2.18. The van der Waals surface area contributed by atoms with E-state index in [0.29, 0.717) is 33.4 Å². The number of hydrogen-bond donors (Lipinski definition) is 3. The van der Waals surface area contributed by atoms with Gasteiger partial charge in [0.25, 0.3) is 17.4 Å². The van der Waals surface area contributed by atoms with Gasteiger partial charge in [0.15, 0.2) is 11.7 Å². The Bertz CT molecular complexity index is 1410. The third-order valence-electron chi connectivity index (χ3n) is 4.90. The van der Waals surface area contributed by atoms with Crippen molar-refractivity contribution in [2.24, 2.45) is 5.10 Å². The Morgan fingerprint density at radius 3 is 2.42 bits per heavy atom. The molecule has 1 unspecified atom stereocenters. The average Bonchev–Trinajstić information content (AvgIpc) is 3.28. The van der Waals surface area contributed by atoms with Crippen molar-refractivity contribution < 1.29 is 14.2 Å². The Morgan fingerprint density at radius 2 is 1.73 bits per heavy atom. The van der Waals surface area contributed by atoms with Gasteiger partial charge in [0.2, 0.25) is 0 Å². The minimum absolute atomic E-state index is 0.166. The molecule has 33 heavy (non-hydrogen) atoms. The zero-order valence-corrected chi connectivity index (χ0v) is 17.7. The molecule has 11 nitrogen and oxygen atoms in total. The number of fused-ring (bicyclic) bond motifs is 1. The molecule has 2 amide bonds. The van der Waals surface area contributed by atoms with Gasteiger partial charge in [-0.25, -0.2) is 15.2 Å². The van der Waals surface area contributed by atoms with Crippen LogP contribution in [-0.4, -0.2) is 38.0 Å². The topological polar surface area (TPSA) is 155 Å². The van der Waals surface area contributed by atoms with Gasteiger partial charge in [-0.05, 0) is 37.2 Å². The third kappa shape index (κ3) is 4.51. The first-order valence-corrected chi connectivity index (χ1v) is 9.92. The lowest BCUT2D eigenvalue weighted by Crippen LogP contribution is -2.40. The smallest absolute Gasteiger partial charge is 0.272 e. The van der Waals surface area contributed by atoms with E-state index >= 15 is 0 Å². The molecule has 0 spiro atoms. The number of hydrogen-bond acceptors (Lipinski definition) is 8. The Hall–Kier alpha value is -4.67. The van der Waals surface area contributed by atoms with E-state index in [9.17, 15) is 14.4 Å². The number of benzene rings is 2. The largest absolute Gasteiger partial charge is 0.335 e. The minimum Gasteiger partial charge on any atom is -0.335 e. The second-order valence-corrected chi connectivity index (χ2v) is 7.13. The average molecular weight is 445 g/mol. The van der Waals surface area contributed by atoms with Crippen molar-refractivity contribution in [2.45, 2.75) is 19.9 Å². The molecule has 4 rings (SSSR count). The first-order valence-electron chi connectivity index (χ1n) is 9.92. The molecule has 0 aliphatic heterocycles. The van der Waals surface area contributed by atoms with Gasteiger partial charge in [-0.3, -0.25) is 14.4 Å². The van der Waals surface area contributed by atoms with Crippen LogP contribution < -0.4 is 16.3 Å². The summed E-state index contributed by atoms with van der Waals surface area (Å²) in [5, 5.41) is 21.4. The highest BCUT2D eigenvalue weighted by atomic mass is 16.6. The first-order chi connectivity index (χ1) is 16.0. The number of hydrazone groups is 1. The van der Waals surface area contributed by atoms with Crippen LogP contribution in [0.1, 0.15) is 40.4 Å². The number of amides is 2. The number of rotatable bonds is 6. The number of aromatic amines is 1. The van der Waals surface area contributed by atoms with Crippen molar-refractivity contribution in [2.75, 3.05) is 0 Å². The number of nitrogens with one attached hydrogen (secondary N) is 3. The van der Waals surface area contributed by atoms with E-state index in [4.69, 9.17) is 0 Å². The predicted molar refractivity (Wildman–Crippen MR) is 118 cm³/mol. The van der Waals surface area contributed by atoms with Gasteiger partial charge in [-0.15, -0.1) is 0 Å². The molecule has 0 fully saturated rings. The van der Waals surface area contributed by atoms with Crippen LogP contribution in [0.25, 0.3) is 10.8 Å². The molecule has 0 bridgehead atoms. The minimum atomic E-state index is -1.26. The highest BCUT2D eigenvalue weighted by molar-refractivity contribution is 6.01. The molecule has 0 saturated carbocycles. The molecule has 0 aliphatic carbocycles. The van der Waals surface area contributed by atoms with Gasteiger partial charge in [0, 0.05) is 10.9 Å². The highest BCUT2D eigenvalue weighted by Crippen LogP contribution is 2.20. The lowest BCUT2D eigenvalue weighted by molar-refractivity contribution is -0.123. The number of carbonyl (C=O) groups excluding carboxylic acids is 2. The zero-order chi connectivity index (χ0) is 23.4. The molecular formula is C22H19N7O4. The quantitative estimate of drug-likeness (QED) is 0.301. The first kappa shape index (κ1) is 21.6. The molecule has 2 heterocycles. The van der Waals surface area contributed by atoms with Crippen molar-refractivity contribution in [3.63, 3.8) is 0 Å². The molecule has 3 N–H and O–H groups in total. The van der Waals surface area contributed by atoms with Gasteiger partial charge >= 0.3 is 0 Å². The van der Waals surface area contributed by atoms with Crippen LogP contribution in [0.2, 0.25) is 0 Å². The summed E-state index contributed by atoms with van der Waals surface area (Å²) in [6.07, 6.45) is 0. The molecule has 166 valence electrons. The van der Waals surface area contributed by atoms with E-state index in [1.807, 2.05) is 0 Å². The molecule has 2 aromatic carbocycles. The van der Waals surface area contributed by atoms with E-state index in [-0.39, 0.29) is 5.69 Å². The fourth-order valence-electron chi connectivity index (χ4n) is 3.23. The van der Waals surface area contributed by atoms with Gasteiger partial charge in [0.1, 0.15) is 11.4 Å². The van der Waals surface area contributed by atoms with Gasteiger partial charge in [-0.2, -0.15) is 10.2 Å². The van der Waals surface area contributed by atoms with E-state index in [2.05, 4.69) is 41.0 Å². The van der Waals surface area contributed by atoms with Crippen LogP contribution in [0.4, 0.5) is 0 Å². The molecule has 0 aliphatic rings. The second-order valence-electron chi connectivity index (χ2n) is 7.13. The number of aromatic nitrogens is 4. The molecule has 1 atom stereocenters. The van der Waals surface area contributed by atoms with Gasteiger partial charge < -0.3 is 5.32 Å². The molecule has 4 aromatic rings. The van der Waals surface area contributed by atoms with Crippen molar-refractivity contribution >= 4 is 28.3 Å². The number of nitrogens with zero attached hydrogens (tertiary/aromatic N) is 4. The summed E-state index contributed by atoms with van der Waals surface area (Å²) in [6, 6.07) is 13.8. The van der Waals surface area contributed by atoms with Crippen molar-refractivity contribution in [1.29, 1.82) is 0 Å². The number of H-pyrrole nitrogens is 1. The summed E-state index contributed by atoms with van der Waals surface area (Å²) < 4.78 is 4.66. The maximum absolute atomic E-state index is 13.2. The van der Waals surface area contributed by atoms with Crippen LogP contribution >= 0.6 is 0 Å². The maximum Gasteiger partial charge on any atom is 0.272 e. The summed E-state index contributed by atoms with van der Waals surface area (Å²) in [6.45, 7) is 3.31. The molecule has 0 saturated heterocycles. The van der Waals surface area contributed by atoms with Crippen LogP contribution in [0.3, 0.4) is 0 Å². The summed E-state index contributed by atoms with van der Waals surface area (Å²) in [5.41, 5.74) is 3.78. The summed E-state index contributed by atoms with van der Waals surface area (Å²) >= 11 is 0. The van der Waals surface area contributed by atoms with Gasteiger partial charge in [0.05, 0.1) is 11.1 Å². The predicted octanol–water partition coefficient (Wildman–Crippen LogP) is 1.63. The highest BCUT2D eigenvalue weighted by Gasteiger charge is 2.27. The second kappa shape index (κ2) is 9.22. The number of aryl methyl sites for hydroxylation is 1. The zero-order valence-electron chi connectivity index (χ0n) is 17.7. The van der Waals surface area contributed by atoms with E-state index in [1.54, 1.807) is 68.4 Å². The summed E-state index contributed by atoms with van der Waals surface area (Å²) in [7, 11) is 0. The monoisotopic (exact) mass is 445 g/mol. The van der Waals surface area contributed by atoms with Crippen LogP contribution in [0, 0.1) is 6.92 Å². The van der Waals surface area contributed by atoms with Crippen LogP contribution in [-0.2, 0) is 4.79 Å². The Balaban J connectivity index is 1.71. The van der Waals surface area contributed by atoms with E-state index in [1.165, 1.54) is 0 Å². The fourth-order valence-corrected chi connectivity index (χ4v) is 3.23. The number of carbonyl (C=O) groups is 2. The molecular weight excluding hydrogens is 426 g/mol. The van der Waals surface area contributed by atoms with Crippen LogP contribution in [0.5, 0.6) is 0 Å². The van der Waals surface area contributed by atoms with Crippen molar-refractivity contribution in [3.05, 3.63) is 87.6 Å². The summed E-state index contributed by atoms with van der Waals surface area (Å²) in [5.74, 6) is -1.16.